The minimum atomic E-state index is -3.87. The van der Waals surface area contributed by atoms with Gasteiger partial charge >= 0.3 is 0 Å². The van der Waals surface area contributed by atoms with Crippen LogP contribution in [0.15, 0.2) is 47.4 Å². The van der Waals surface area contributed by atoms with Crippen molar-refractivity contribution in [2.24, 2.45) is 0 Å². The van der Waals surface area contributed by atoms with Crippen molar-refractivity contribution in [2.75, 3.05) is 4.72 Å². The van der Waals surface area contributed by atoms with Gasteiger partial charge in [0, 0.05) is 0 Å². The summed E-state index contributed by atoms with van der Waals surface area (Å²) in [5, 5.41) is 10.0. The molecule has 6 heteroatoms. The molecule has 0 bridgehead atoms. The predicted molar refractivity (Wildman–Crippen MR) is 89.1 cm³/mol. The van der Waals surface area contributed by atoms with Crippen LogP contribution in [-0.2, 0) is 15.4 Å². The molecule has 0 radical (unpaired) electrons. The molecule has 0 aliphatic heterocycles. The predicted octanol–water partition coefficient (Wildman–Crippen LogP) is 4.14. The summed E-state index contributed by atoms with van der Waals surface area (Å²) in [5.74, 6) is -0.136. The fraction of sp³-hybridized carbons (Fsp3) is 0.250. The van der Waals surface area contributed by atoms with Crippen molar-refractivity contribution in [3.05, 3.63) is 53.1 Å². The Morgan fingerprint density at radius 3 is 2.32 bits per heavy atom. The van der Waals surface area contributed by atoms with Gasteiger partial charge in [-0.25, -0.2) is 8.42 Å². The number of benzene rings is 2. The van der Waals surface area contributed by atoms with Gasteiger partial charge in [0.05, 0.1) is 10.7 Å². The molecule has 2 aromatic carbocycles. The summed E-state index contributed by atoms with van der Waals surface area (Å²) in [6.07, 6.45) is 0. The summed E-state index contributed by atoms with van der Waals surface area (Å²) < 4.78 is 27.3. The summed E-state index contributed by atoms with van der Waals surface area (Å²) in [5.41, 5.74) is 0.868. The van der Waals surface area contributed by atoms with Gasteiger partial charge in [0.15, 0.2) is 0 Å². The number of phenols is 1. The van der Waals surface area contributed by atoms with E-state index in [9.17, 15) is 13.5 Å². The van der Waals surface area contributed by atoms with Crippen molar-refractivity contribution in [2.45, 2.75) is 31.1 Å². The van der Waals surface area contributed by atoms with Crippen LogP contribution in [0.3, 0.4) is 0 Å². The molecule has 22 heavy (non-hydrogen) atoms. The number of sulfonamides is 1. The van der Waals surface area contributed by atoms with Crippen LogP contribution in [0.1, 0.15) is 26.3 Å². The zero-order chi connectivity index (χ0) is 16.5. The van der Waals surface area contributed by atoms with Crippen LogP contribution in [0, 0.1) is 0 Å². The normalized spacial score (nSPS) is 12.2. The van der Waals surface area contributed by atoms with Gasteiger partial charge in [0.2, 0.25) is 0 Å². The van der Waals surface area contributed by atoms with E-state index in [-0.39, 0.29) is 26.8 Å². The topological polar surface area (TPSA) is 66.4 Å². The molecule has 0 saturated heterocycles. The summed E-state index contributed by atoms with van der Waals surface area (Å²) in [6.45, 7) is 6.02. The van der Waals surface area contributed by atoms with Gasteiger partial charge < -0.3 is 5.11 Å². The first-order valence-corrected chi connectivity index (χ1v) is 8.58. The molecule has 2 N–H and O–H groups in total. The first-order chi connectivity index (χ1) is 10.1. The van der Waals surface area contributed by atoms with E-state index in [1.807, 2.05) is 20.8 Å². The van der Waals surface area contributed by atoms with Crippen molar-refractivity contribution in [1.29, 1.82) is 0 Å². The molecule has 0 aromatic heterocycles. The van der Waals surface area contributed by atoms with Crippen LogP contribution in [0.5, 0.6) is 5.75 Å². The molecule has 0 aliphatic carbocycles. The smallest absolute Gasteiger partial charge is 0.263 e. The monoisotopic (exact) mass is 339 g/mol. The number of rotatable bonds is 3. The number of phenolic OH excluding ortho intramolecular Hbond substituents is 1. The SMILES string of the molecule is CC(C)(C)c1ccc(O)c(NS(=O)(=O)c2ccccc2Cl)c1. The van der Waals surface area contributed by atoms with E-state index >= 15 is 0 Å². The number of aromatic hydroxyl groups is 1. The van der Waals surface area contributed by atoms with Crippen molar-refractivity contribution in [3.8, 4) is 5.75 Å². The first-order valence-electron chi connectivity index (χ1n) is 6.72. The van der Waals surface area contributed by atoms with Gasteiger partial charge in [-0.05, 0) is 35.2 Å². The summed E-state index contributed by atoms with van der Waals surface area (Å²) >= 11 is 5.94. The molecule has 0 heterocycles. The average molecular weight is 340 g/mol. The Kier molecular flexibility index (Phi) is 4.40. The number of halogens is 1. The highest BCUT2D eigenvalue weighted by Crippen LogP contribution is 2.32. The van der Waals surface area contributed by atoms with Gasteiger partial charge in [-0.1, -0.05) is 50.6 Å². The molecule has 0 aliphatic rings. The third-order valence-corrected chi connectivity index (χ3v) is 5.10. The zero-order valence-corrected chi connectivity index (χ0v) is 14.2. The molecule has 0 atom stereocenters. The summed E-state index contributed by atoms with van der Waals surface area (Å²) in [6, 6.07) is 11.0. The molecule has 0 saturated carbocycles. The first kappa shape index (κ1) is 16.6. The number of nitrogens with one attached hydrogen (secondary N) is 1. The summed E-state index contributed by atoms with van der Waals surface area (Å²) in [4.78, 5) is -0.0303. The third-order valence-electron chi connectivity index (χ3n) is 3.23. The molecule has 0 fully saturated rings. The minimum Gasteiger partial charge on any atom is -0.506 e. The van der Waals surface area contributed by atoms with Gasteiger partial charge in [0.25, 0.3) is 10.0 Å². The maximum atomic E-state index is 12.4. The van der Waals surface area contributed by atoms with Crippen LogP contribution in [0.4, 0.5) is 5.69 Å². The van der Waals surface area contributed by atoms with E-state index < -0.39 is 10.0 Å². The highest BCUT2D eigenvalue weighted by atomic mass is 35.5. The van der Waals surface area contributed by atoms with Crippen LogP contribution in [0.25, 0.3) is 0 Å². The molecule has 0 unspecified atom stereocenters. The van der Waals surface area contributed by atoms with Crippen LogP contribution >= 0.6 is 11.6 Å². The Balaban J connectivity index is 2.44. The molecule has 2 rings (SSSR count). The molecule has 0 amide bonds. The third kappa shape index (κ3) is 3.54. The largest absolute Gasteiger partial charge is 0.506 e. The highest BCUT2D eigenvalue weighted by Gasteiger charge is 2.21. The average Bonchev–Trinajstić information content (AvgIpc) is 2.40. The zero-order valence-electron chi connectivity index (χ0n) is 12.6. The molecular formula is C16H18ClNO3S. The molecule has 0 spiro atoms. The van der Waals surface area contributed by atoms with Gasteiger partial charge in [-0.3, -0.25) is 4.72 Å². The lowest BCUT2D eigenvalue weighted by Gasteiger charge is -2.20. The Morgan fingerprint density at radius 1 is 1.09 bits per heavy atom. The maximum Gasteiger partial charge on any atom is 0.263 e. The Hall–Kier alpha value is -1.72. The van der Waals surface area contributed by atoms with Crippen LogP contribution in [-0.4, -0.2) is 13.5 Å². The van der Waals surface area contributed by atoms with Crippen molar-refractivity contribution < 1.29 is 13.5 Å². The van der Waals surface area contributed by atoms with Crippen molar-refractivity contribution in [3.63, 3.8) is 0 Å². The van der Waals surface area contributed by atoms with Gasteiger partial charge in [-0.2, -0.15) is 0 Å². The second-order valence-corrected chi connectivity index (χ2v) is 8.08. The molecular weight excluding hydrogens is 322 g/mol. The van der Waals surface area contributed by atoms with Crippen LogP contribution < -0.4 is 4.72 Å². The van der Waals surface area contributed by atoms with E-state index in [2.05, 4.69) is 4.72 Å². The standard InChI is InChI=1S/C16H18ClNO3S/c1-16(2,3)11-8-9-14(19)13(10-11)18-22(20,21)15-7-5-4-6-12(15)17/h4-10,18-19H,1-3H3. The lowest BCUT2D eigenvalue weighted by molar-refractivity contribution is 0.476. The number of anilines is 1. The van der Waals surface area contributed by atoms with E-state index in [4.69, 9.17) is 11.6 Å². The number of hydrogen-bond donors (Lipinski definition) is 2. The fourth-order valence-corrected chi connectivity index (χ4v) is 3.53. The van der Waals surface area contributed by atoms with Crippen LogP contribution in [0.2, 0.25) is 5.02 Å². The van der Waals surface area contributed by atoms with Gasteiger partial charge in [-0.15, -0.1) is 0 Å². The fourth-order valence-electron chi connectivity index (χ4n) is 1.95. The molecule has 4 nitrogen and oxygen atoms in total. The Bertz CT molecular complexity index is 795. The lowest BCUT2D eigenvalue weighted by atomic mass is 9.87. The minimum absolute atomic E-state index is 0.0303. The lowest BCUT2D eigenvalue weighted by Crippen LogP contribution is -2.15. The Labute approximate surface area is 135 Å². The van der Waals surface area contributed by atoms with E-state index in [1.54, 1.807) is 24.3 Å². The second-order valence-electron chi connectivity index (χ2n) is 6.02. The van der Waals surface area contributed by atoms with Gasteiger partial charge in [0.1, 0.15) is 10.6 Å². The number of hydrogen-bond acceptors (Lipinski definition) is 3. The molecule has 2 aromatic rings. The quantitative estimate of drug-likeness (QED) is 0.826. The maximum absolute atomic E-state index is 12.4. The van der Waals surface area contributed by atoms with E-state index in [0.29, 0.717) is 0 Å². The highest BCUT2D eigenvalue weighted by molar-refractivity contribution is 7.92. The van der Waals surface area contributed by atoms with E-state index in [1.165, 1.54) is 18.2 Å². The Morgan fingerprint density at radius 2 is 1.73 bits per heavy atom. The van der Waals surface area contributed by atoms with Crippen molar-refractivity contribution >= 4 is 27.3 Å². The summed E-state index contributed by atoms with van der Waals surface area (Å²) in [7, 11) is -3.87. The molecule has 118 valence electrons. The van der Waals surface area contributed by atoms with Crippen molar-refractivity contribution in [1.82, 2.24) is 0 Å². The van der Waals surface area contributed by atoms with E-state index in [0.717, 1.165) is 5.56 Å². The second kappa shape index (κ2) is 5.82.